The smallest absolute Gasteiger partial charge is 0.243 e. The van der Waals surface area contributed by atoms with Crippen LogP contribution in [0.2, 0.25) is 0 Å². The first-order valence-electron chi connectivity index (χ1n) is 7.39. The Morgan fingerprint density at radius 2 is 2.05 bits per heavy atom. The zero-order valence-corrected chi connectivity index (χ0v) is 12.9. The van der Waals surface area contributed by atoms with Gasteiger partial charge in [-0.05, 0) is 12.8 Å². The molecule has 1 saturated heterocycles. The molecule has 2 rings (SSSR count). The third-order valence-electron chi connectivity index (χ3n) is 4.03. The standard InChI is InChI=1S/C14H24N2O3S/c1-19-8-7-15-13(17)12-9-20-10-16(12)14(18)11-5-3-2-4-6-11/h11-12H,2-10H2,1H3,(H,15,17). The van der Waals surface area contributed by atoms with Gasteiger partial charge in [0.05, 0.1) is 12.5 Å². The molecule has 2 aliphatic rings. The van der Waals surface area contributed by atoms with Gasteiger partial charge in [-0.25, -0.2) is 0 Å². The van der Waals surface area contributed by atoms with E-state index in [9.17, 15) is 9.59 Å². The van der Waals surface area contributed by atoms with Gasteiger partial charge in [0.2, 0.25) is 11.8 Å². The van der Waals surface area contributed by atoms with E-state index in [4.69, 9.17) is 4.74 Å². The molecular weight excluding hydrogens is 276 g/mol. The summed E-state index contributed by atoms with van der Waals surface area (Å²) in [6.07, 6.45) is 5.49. The lowest BCUT2D eigenvalue weighted by Crippen LogP contribution is -2.49. The molecule has 1 atom stereocenters. The quantitative estimate of drug-likeness (QED) is 0.776. The molecule has 5 nitrogen and oxygen atoms in total. The van der Waals surface area contributed by atoms with Gasteiger partial charge in [-0.15, -0.1) is 11.8 Å². The maximum absolute atomic E-state index is 12.6. The molecule has 1 saturated carbocycles. The van der Waals surface area contributed by atoms with Gasteiger partial charge in [-0.3, -0.25) is 9.59 Å². The van der Waals surface area contributed by atoms with Crippen LogP contribution in [0.3, 0.4) is 0 Å². The number of nitrogens with one attached hydrogen (secondary N) is 1. The van der Waals surface area contributed by atoms with Crippen LogP contribution in [0.25, 0.3) is 0 Å². The topological polar surface area (TPSA) is 58.6 Å². The second-order valence-corrected chi connectivity index (χ2v) is 6.44. The molecule has 0 spiro atoms. The number of amides is 2. The molecule has 6 heteroatoms. The highest BCUT2D eigenvalue weighted by Crippen LogP contribution is 2.29. The van der Waals surface area contributed by atoms with Crippen molar-refractivity contribution >= 4 is 23.6 Å². The van der Waals surface area contributed by atoms with E-state index in [0.717, 1.165) is 25.7 Å². The zero-order chi connectivity index (χ0) is 14.4. The molecule has 0 aromatic rings. The van der Waals surface area contributed by atoms with Gasteiger partial charge < -0.3 is 15.0 Å². The van der Waals surface area contributed by atoms with Crippen LogP contribution in [0.5, 0.6) is 0 Å². The van der Waals surface area contributed by atoms with Crippen LogP contribution in [-0.2, 0) is 14.3 Å². The zero-order valence-electron chi connectivity index (χ0n) is 12.1. The van der Waals surface area contributed by atoms with Gasteiger partial charge in [0.15, 0.2) is 0 Å². The van der Waals surface area contributed by atoms with Crippen molar-refractivity contribution in [2.24, 2.45) is 5.92 Å². The Morgan fingerprint density at radius 1 is 1.30 bits per heavy atom. The van der Waals surface area contributed by atoms with Crippen molar-refractivity contribution in [2.75, 3.05) is 31.9 Å². The SMILES string of the molecule is COCCNC(=O)C1CSCN1C(=O)C1CCCCC1. The third kappa shape index (κ3) is 3.88. The maximum atomic E-state index is 12.6. The number of hydrogen-bond donors (Lipinski definition) is 1. The van der Waals surface area contributed by atoms with Crippen LogP contribution in [-0.4, -0.2) is 54.6 Å². The molecule has 2 amide bonds. The summed E-state index contributed by atoms with van der Waals surface area (Å²) in [5.74, 6) is 1.63. The first-order valence-corrected chi connectivity index (χ1v) is 8.54. The molecule has 1 heterocycles. The normalized spacial score (nSPS) is 23.9. The second-order valence-electron chi connectivity index (χ2n) is 5.44. The molecule has 1 aliphatic carbocycles. The van der Waals surface area contributed by atoms with Crippen LogP contribution in [0.4, 0.5) is 0 Å². The van der Waals surface area contributed by atoms with Crippen LogP contribution in [0.1, 0.15) is 32.1 Å². The molecular formula is C14H24N2O3S. The highest BCUT2D eigenvalue weighted by molar-refractivity contribution is 7.99. The highest BCUT2D eigenvalue weighted by Gasteiger charge is 2.37. The van der Waals surface area contributed by atoms with Gasteiger partial charge in [0.25, 0.3) is 0 Å². The Balaban J connectivity index is 1.88. The molecule has 1 unspecified atom stereocenters. The van der Waals surface area contributed by atoms with Crippen LogP contribution < -0.4 is 5.32 Å². The van der Waals surface area contributed by atoms with Crippen LogP contribution >= 0.6 is 11.8 Å². The number of methoxy groups -OCH3 is 1. The number of thioether (sulfide) groups is 1. The molecule has 20 heavy (non-hydrogen) atoms. The minimum absolute atomic E-state index is 0.0452. The third-order valence-corrected chi connectivity index (χ3v) is 5.04. The van der Waals surface area contributed by atoms with Crippen molar-refractivity contribution in [1.82, 2.24) is 10.2 Å². The second kappa shape index (κ2) is 7.88. The Labute approximate surface area is 124 Å². The Bertz CT molecular complexity index is 345. The van der Waals surface area contributed by atoms with E-state index < -0.39 is 0 Å². The van der Waals surface area contributed by atoms with E-state index in [1.54, 1.807) is 23.8 Å². The summed E-state index contributed by atoms with van der Waals surface area (Å²) in [5, 5.41) is 2.84. The number of ether oxygens (including phenoxy) is 1. The average molecular weight is 300 g/mol. The van der Waals surface area contributed by atoms with Crippen molar-refractivity contribution < 1.29 is 14.3 Å². The number of carbonyl (C=O) groups excluding carboxylic acids is 2. The molecule has 2 fully saturated rings. The summed E-state index contributed by atoms with van der Waals surface area (Å²) < 4.78 is 4.92. The van der Waals surface area contributed by atoms with E-state index in [0.29, 0.717) is 24.8 Å². The van der Waals surface area contributed by atoms with E-state index >= 15 is 0 Å². The Hall–Kier alpha value is -0.750. The number of rotatable bonds is 5. The van der Waals surface area contributed by atoms with Crippen molar-refractivity contribution in [3.05, 3.63) is 0 Å². The van der Waals surface area contributed by atoms with E-state index in [-0.39, 0.29) is 23.8 Å². The minimum atomic E-state index is -0.300. The number of hydrogen-bond acceptors (Lipinski definition) is 4. The first-order chi connectivity index (χ1) is 9.74. The summed E-state index contributed by atoms with van der Waals surface area (Å²) in [5.41, 5.74) is 0. The highest BCUT2D eigenvalue weighted by atomic mass is 32.2. The van der Waals surface area contributed by atoms with E-state index in [1.165, 1.54) is 6.42 Å². The fourth-order valence-corrected chi connectivity index (χ4v) is 4.02. The lowest BCUT2D eigenvalue weighted by atomic mass is 9.88. The van der Waals surface area contributed by atoms with Crippen molar-refractivity contribution in [3.63, 3.8) is 0 Å². The van der Waals surface area contributed by atoms with E-state index in [1.807, 2.05) is 0 Å². The van der Waals surface area contributed by atoms with Gasteiger partial charge in [-0.1, -0.05) is 19.3 Å². The van der Waals surface area contributed by atoms with E-state index in [2.05, 4.69) is 5.32 Å². The molecule has 0 aromatic carbocycles. The monoisotopic (exact) mass is 300 g/mol. The minimum Gasteiger partial charge on any atom is -0.383 e. The molecule has 0 bridgehead atoms. The lowest BCUT2D eigenvalue weighted by molar-refractivity contribution is -0.142. The summed E-state index contributed by atoms with van der Waals surface area (Å²) in [6.45, 7) is 1.00. The summed E-state index contributed by atoms with van der Waals surface area (Å²) >= 11 is 1.66. The Kier molecular flexibility index (Phi) is 6.16. The lowest BCUT2D eigenvalue weighted by Gasteiger charge is -2.29. The number of carbonyl (C=O) groups is 2. The van der Waals surface area contributed by atoms with Gasteiger partial charge >= 0.3 is 0 Å². The summed E-state index contributed by atoms with van der Waals surface area (Å²) in [7, 11) is 1.61. The fourth-order valence-electron chi connectivity index (χ4n) is 2.86. The average Bonchev–Trinajstić information content (AvgIpc) is 2.97. The molecule has 0 radical (unpaired) electrons. The summed E-state index contributed by atoms with van der Waals surface area (Å²) in [4.78, 5) is 26.5. The van der Waals surface area contributed by atoms with Gasteiger partial charge in [-0.2, -0.15) is 0 Å². The maximum Gasteiger partial charge on any atom is 0.243 e. The molecule has 1 N–H and O–H groups in total. The summed E-state index contributed by atoms with van der Waals surface area (Å²) in [6, 6.07) is -0.300. The largest absolute Gasteiger partial charge is 0.383 e. The van der Waals surface area contributed by atoms with Crippen LogP contribution in [0.15, 0.2) is 0 Å². The van der Waals surface area contributed by atoms with Crippen molar-refractivity contribution in [1.29, 1.82) is 0 Å². The van der Waals surface area contributed by atoms with Gasteiger partial charge in [0, 0.05) is 25.3 Å². The number of nitrogens with zero attached hydrogens (tertiary/aromatic N) is 1. The Morgan fingerprint density at radius 3 is 2.75 bits per heavy atom. The predicted octanol–water partition coefficient (Wildman–Crippen LogP) is 1.23. The predicted molar refractivity (Wildman–Crippen MR) is 79.4 cm³/mol. The fraction of sp³-hybridized carbons (Fsp3) is 0.857. The van der Waals surface area contributed by atoms with Gasteiger partial charge in [0.1, 0.15) is 6.04 Å². The molecule has 0 aromatic heterocycles. The molecule has 114 valence electrons. The van der Waals surface area contributed by atoms with Crippen LogP contribution in [0, 0.1) is 5.92 Å². The van der Waals surface area contributed by atoms with Crippen molar-refractivity contribution in [3.8, 4) is 0 Å². The van der Waals surface area contributed by atoms with Crippen molar-refractivity contribution in [2.45, 2.75) is 38.1 Å². The first kappa shape index (κ1) is 15.6. The molecule has 1 aliphatic heterocycles.